The lowest BCUT2D eigenvalue weighted by molar-refractivity contribution is -0.128. The summed E-state index contributed by atoms with van der Waals surface area (Å²) >= 11 is 0. The standard InChI is InChI=1S/C18H20N4O2/c1-12(21-18(24)15-7-17(23)22(2)10-15)13-3-5-14(6-4-13)16-8-19-11-20-9-16/h3-6,8-9,11-12,15H,7,10H2,1-2H3,(H,21,24)/t12-,15-/m0/s1. The van der Waals surface area contributed by atoms with E-state index in [9.17, 15) is 9.59 Å². The molecule has 1 aliphatic heterocycles. The molecule has 1 aromatic heterocycles. The molecule has 2 atom stereocenters. The monoisotopic (exact) mass is 324 g/mol. The first-order chi connectivity index (χ1) is 11.5. The molecule has 2 aromatic rings. The Balaban J connectivity index is 1.64. The Bertz CT molecular complexity index is 730. The van der Waals surface area contributed by atoms with Crippen LogP contribution >= 0.6 is 0 Å². The van der Waals surface area contributed by atoms with Crippen LogP contribution in [0.2, 0.25) is 0 Å². The molecule has 0 bridgehead atoms. The summed E-state index contributed by atoms with van der Waals surface area (Å²) in [7, 11) is 1.73. The summed E-state index contributed by atoms with van der Waals surface area (Å²) in [5.74, 6) is -0.302. The second kappa shape index (κ2) is 6.78. The summed E-state index contributed by atoms with van der Waals surface area (Å²) in [6, 6.07) is 7.84. The second-order valence-electron chi connectivity index (χ2n) is 6.15. The topological polar surface area (TPSA) is 75.2 Å². The minimum atomic E-state index is -0.259. The fourth-order valence-electron chi connectivity index (χ4n) is 2.87. The lowest BCUT2D eigenvalue weighted by Gasteiger charge is -2.17. The average Bonchev–Trinajstić information content (AvgIpc) is 2.95. The molecule has 1 fully saturated rings. The number of rotatable bonds is 4. The predicted molar refractivity (Wildman–Crippen MR) is 89.8 cm³/mol. The summed E-state index contributed by atoms with van der Waals surface area (Å²) in [5.41, 5.74) is 3.00. The van der Waals surface area contributed by atoms with Gasteiger partial charge in [0.25, 0.3) is 0 Å². The predicted octanol–water partition coefficient (Wildman–Crippen LogP) is 1.80. The quantitative estimate of drug-likeness (QED) is 0.930. The van der Waals surface area contributed by atoms with Gasteiger partial charge in [0.15, 0.2) is 0 Å². The summed E-state index contributed by atoms with van der Waals surface area (Å²) in [4.78, 5) is 33.5. The molecular formula is C18H20N4O2. The number of hydrogen-bond acceptors (Lipinski definition) is 4. The van der Waals surface area contributed by atoms with Crippen molar-refractivity contribution in [3.8, 4) is 11.1 Å². The zero-order chi connectivity index (χ0) is 17.1. The van der Waals surface area contributed by atoms with Crippen LogP contribution in [0.3, 0.4) is 0 Å². The van der Waals surface area contributed by atoms with Crippen LogP contribution in [0, 0.1) is 5.92 Å². The molecule has 3 rings (SSSR count). The lowest BCUT2D eigenvalue weighted by Crippen LogP contribution is -2.34. The van der Waals surface area contributed by atoms with Crippen LogP contribution in [0.4, 0.5) is 0 Å². The van der Waals surface area contributed by atoms with Crippen LogP contribution < -0.4 is 5.32 Å². The number of likely N-dealkylation sites (tertiary alicyclic amines) is 1. The third-order valence-electron chi connectivity index (χ3n) is 4.38. The maximum atomic E-state index is 12.3. The van der Waals surface area contributed by atoms with Gasteiger partial charge in [-0.1, -0.05) is 24.3 Å². The van der Waals surface area contributed by atoms with Crippen molar-refractivity contribution in [3.05, 3.63) is 48.5 Å². The molecule has 0 unspecified atom stereocenters. The van der Waals surface area contributed by atoms with Gasteiger partial charge in [-0.2, -0.15) is 0 Å². The SMILES string of the molecule is C[C@H](NC(=O)[C@H]1CC(=O)N(C)C1)c1ccc(-c2cncnc2)cc1. The summed E-state index contributed by atoms with van der Waals surface area (Å²) < 4.78 is 0. The molecule has 24 heavy (non-hydrogen) atoms. The molecule has 0 spiro atoms. The molecule has 0 aliphatic carbocycles. The van der Waals surface area contributed by atoms with Crippen molar-refractivity contribution < 1.29 is 9.59 Å². The molecule has 6 heteroatoms. The van der Waals surface area contributed by atoms with E-state index >= 15 is 0 Å². The number of nitrogens with zero attached hydrogens (tertiary/aromatic N) is 3. The van der Waals surface area contributed by atoms with Crippen LogP contribution in [-0.2, 0) is 9.59 Å². The largest absolute Gasteiger partial charge is 0.349 e. The molecule has 0 radical (unpaired) electrons. The Morgan fingerprint density at radius 3 is 2.46 bits per heavy atom. The van der Waals surface area contributed by atoms with E-state index in [1.54, 1.807) is 24.3 Å². The molecule has 1 saturated heterocycles. The minimum Gasteiger partial charge on any atom is -0.349 e. The van der Waals surface area contributed by atoms with E-state index in [0.717, 1.165) is 16.7 Å². The normalized spacial score (nSPS) is 18.5. The van der Waals surface area contributed by atoms with Gasteiger partial charge in [-0.25, -0.2) is 9.97 Å². The van der Waals surface area contributed by atoms with Crippen LogP contribution in [-0.4, -0.2) is 40.3 Å². The first kappa shape index (κ1) is 16.1. The van der Waals surface area contributed by atoms with E-state index < -0.39 is 0 Å². The Morgan fingerprint density at radius 2 is 1.88 bits per heavy atom. The van der Waals surface area contributed by atoms with Gasteiger partial charge in [-0.05, 0) is 18.1 Å². The smallest absolute Gasteiger partial charge is 0.225 e. The molecule has 2 heterocycles. The lowest BCUT2D eigenvalue weighted by atomic mass is 10.0. The second-order valence-corrected chi connectivity index (χ2v) is 6.15. The Labute approximate surface area is 140 Å². The highest BCUT2D eigenvalue weighted by atomic mass is 16.2. The first-order valence-corrected chi connectivity index (χ1v) is 7.94. The molecule has 2 amide bonds. The van der Waals surface area contributed by atoms with Gasteiger partial charge in [-0.3, -0.25) is 9.59 Å². The maximum absolute atomic E-state index is 12.3. The van der Waals surface area contributed by atoms with Gasteiger partial charge in [0.2, 0.25) is 11.8 Å². The van der Waals surface area contributed by atoms with E-state index in [1.165, 1.54) is 6.33 Å². The third-order valence-corrected chi connectivity index (χ3v) is 4.38. The summed E-state index contributed by atoms with van der Waals surface area (Å²) in [5, 5.41) is 3.00. The first-order valence-electron chi connectivity index (χ1n) is 7.94. The van der Waals surface area contributed by atoms with Gasteiger partial charge in [0.1, 0.15) is 6.33 Å². The molecule has 6 nitrogen and oxygen atoms in total. The number of carbonyl (C=O) groups excluding carboxylic acids is 2. The van der Waals surface area contributed by atoms with Crippen LogP contribution in [0.1, 0.15) is 24.9 Å². The van der Waals surface area contributed by atoms with Crippen molar-refractivity contribution in [2.24, 2.45) is 5.92 Å². The van der Waals surface area contributed by atoms with Crippen molar-refractivity contribution >= 4 is 11.8 Å². The highest BCUT2D eigenvalue weighted by Gasteiger charge is 2.32. The fourth-order valence-corrected chi connectivity index (χ4v) is 2.87. The van der Waals surface area contributed by atoms with Gasteiger partial charge < -0.3 is 10.2 Å². The zero-order valence-electron chi connectivity index (χ0n) is 13.8. The van der Waals surface area contributed by atoms with Gasteiger partial charge in [-0.15, -0.1) is 0 Å². The maximum Gasteiger partial charge on any atom is 0.225 e. The van der Waals surface area contributed by atoms with Gasteiger partial charge in [0, 0.05) is 38.0 Å². The Hall–Kier alpha value is -2.76. The van der Waals surface area contributed by atoms with Crippen molar-refractivity contribution in [2.45, 2.75) is 19.4 Å². The minimum absolute atomic E-state index is 0.0252. The number of benzene rings is 1. The number of carbonyl (C=O) groups is 2. The molecule has 1 aromatic carbocycles. The van der Waals surface area contributed by atoms with E-state index in [1.807, 2.05) is 31.2 Å². The van der Waals surface area contributed by atoms with Crippen molar-refractivity contribution in [2.75, 3.05) is 13.6 Å². The summed E-state index contributed by atoms with van der Waals surface area (Å²) in [6.07, 6.45) is 5.32. The molecule has 1 N–H and O–H groups in total. The van der Waals surface area contributed by atoms with E-state index in [-0.39, 0.29) is 23.8 Å². The fraction of sp³-hybridized carbons (Fsp3) is 0.333. The molecular weight excluding hydrogens is 304 g/mol. The molecule has 0 saturated carbocycles. The molecule has 1 aliphatic rings. The van der Waals surface area contributed by atoms with E-state index in [4.69, 9.17) is 0 Å². The Morgan fingerprint density at radius 1 is 1.21 bits per heavy atom. The van der Waals surface area contributed by atoms with E-state index in [2.05, 4.69) is 15.3 Å². The zero-order valence-corrected chi connectivity index (χ0v) is 13.8. The van der Waals surface area contributed by atoms with Gasteiger partial charge >= 0.3 is 0 Å². The highest BCUT2D eigenvalue weighted by Crippen LogP contribution is 2.22. The van der Waals surface area contributed by atoms with Crippen LogP contribution in [0.5, 0.6) is 0 Å². The number of amides is 2. The number of aromatic nitrogens is 2. The summed E-state index contributed by atoms with van der Waals surface area (Å²) in [6.45, 7) is 2.43. The number of nitrogens with one attached hydrogen (secondary N) is 1. The van der Waals surface area contributed by atoms with Crippen molar-refractivity contribution in [1.29, 1.82) is 0 Å². The van der Waals surface area contributed by atoms with Crippen LogP contribution in [0.15, 0.2) is 43.0 Å². The van der Waals surface area contributed by atoms with E-state index in [0.29, 0.717) is 13.0 Å². The molecule has 124 valence electrons. The third kappa shape index (κ3) is 3.42. The highest BCUT2D eigenvalue weighted by molar-refractivity contribution is 5.89. The van der Waals surface area contributed by atoms with Crippen molar-refractivity contribution in [1.82, 2.24) is 20.2 Å². The van der Waals surface area contributed by atoms with Crippen LogP contribution in [0.25, 0.3) is 11.1 Å². The van der Waals surface area contributed by atoms with Gasteiger partial charge in [0.05, 0.1) is 12.0 Å². The Kier molecular flexibility index (Phi) is 4.55. The average molecular weight is 324 g/mol. The number of hydrogen-bond donors (Lipinski definition) is 1. The van der Waals surface area contributed by atoms with Crippen molar-refractivity contribution in [3.63, 3.8) is 0 Å².